The van der Waals surface area contributed by atoms with E-state index in [0.717, 1.165) is 18.5 Å². The molecule has 0 aromatic heterocycles. The third-order valence-corrected chi connectivity index (χ3v) is 3.15. The second-order valence-corrected chi connectivity index (χ2v) is 5.03. The molecule has 0 saturated carbocycles. The molecule has 1 amide bonds. The molecule has 0 aliphatic rings. The van der Waals surface area contributed by atoms with E-state index < -0.39 is 6.10 Å². The lowest BCUT2D eigenvalue weighted by Crippen LogP contribution is -2.35. The summed E-state index contributed by atoms with van der Waals surface area (Å²) in [4.78, 5) is 12.1. The maximum Gasteiger partial charge on any atom is 0.251 e. The van der Waals surface area contributed by atoms with Crippen LogP contribution in [0.2, 0.25) is 0 Å². The van der Waals surface area contributed by atoms with Crippen molar-refractivity contribution in [3.8, 4) is 0 Å². The van der Waals surface area contributed by atoms with Crippen molar-refractivity contribution < 1.29 is 9.90 Å². The van der Waals surface area contributed by atoms with E-state index in [-0.39, 0.29) is 18.4 Å². The lowest BCUT2D eigenvalue weighted by Gasteiger charge is -2.16. The Morgan fingerprint density at radius 3 is 2.63 bits per heavy atom. The van der Waals surface area contributed by atoms with E-state index >= 15 is 0 Å². The van der Waals surface area contributed by atoms with Gasteiger partial charge in [0.25, 0.3) is 5.91 Å². The maximum atomic E-state index is 12.1. The number of benzene rings is 1. The van der Waals surface area contributed by atoms with Gasteiger partial charge in [-0.05, 0) is 37.6 Å². The summed E-state index contributed by atoms with van der Waals surface area (Å²) in [6.07, 6.45) is 0.306. The number of aliphatic hydroxyl groups excluding tert-OH is 1. The number of amides is 1. The van der Waals surface area contributed by atoms with Gasteiger partial charge in [0, 0.05) is 12.1 Å². The molecule has 1 atom stereocenters. The van der Waals surface area contributed by atoms with E-state index in [1.165, 1.54) is 0 Å². The van der Waals surface area contributed by atoms with Crippen LogP contribution in [-0.2, 0) is 6.42 Å². The zero-order valence-corrected chi connectivity index (χ0v) is 11.9. The van der Waals surface area contributed by atoms with Crippen LogP contribution in [0.5, 0.6) is 0 Å². The van der Waals surface area contributed by atoms with E-state index in [1.807, 2.05) is 45.2 Å². The molecule has 1 aromatic carbocycles. The summed E-state index contributed by atoms with van der Waals surface area (Å²) in [6, 6.07) is 7.58. The first-order valence-electron chi connectivity index (χ1n) is 6.75. The quantitative estimate of drug-likeness (QED) is 0.693. The Bertz CT molecular complexity index is 405. The average molecular weight is 264 g/mol. The van der Waals surface area contributed by atoms with Gasteiger partial charge in [-0.1, -0.05) is 32.0 Å². The van der Waals surface area contributed by atoms with E-state index in [4.69, 9.17) is 0 Å². The Labute approximate surface area is 115 Å². The smallest absolute Gasteiger partial charge is 0.251 e. The van der Waals surface area contributed by atoms with E-state index in [0.29, 0.717) is 5.56 Å². The Balaban J connectivity index is 2.65. The minimum atomic E-state index is -0.506. The van der Waals surface area contributed by atoms with Gasteiger partial charge in [0.1, 0.15) is 0 Å². The minimum absolute atomic E-state index is 0.119. The highest BCUT2D eigenvalue weighted by Gasteiger charge is 2.14. The molecule has 4 heteroatoms. The first kappa shape index (κ1) is 15.7. The zero-order valence-electron chi connectivity index (χ0n) is 11.9. The molecular weight excluding hydrogens is 240 g/mol. The number of carbonyl (C=O) groups excluding carboxylic acids is 1. The molecule has 106 valence electrons. The highest BCUT2D eigenvalue weighted by Crippen LogP contribution is 2.09. The number of hydrogen-bond donors (Lipinski definition) is 3. The highest BCUT2D eigenvalue weighted by atomic mass is 16.3. The summed E-state index contributed by atoms with van der Waals surface area (Å²) < 4.78 is 0. The largest absolute Gasteiger partial charge is 0.391 e. The molecule has 0 aliphatic heterocycles. The van der Waals surface area contributed by atoms with Crippen molar-refractivity contribution >= 4 is 5.91 Å². The van der Waals surface area contributed by atoms with Gasteiger partial charge in [0.05, 0.1) is 6.10 Å². The molecule has 0 bridgehead atoms. The van der Waals surface area contributed by atoms with Crippen LogP contribution < -0.4 is 10.6 Å². The van der Waals surface area contributed by atoms with Crippen LogP contribution >= 0.6 is 0 Å². The predicted octanol–water partition coefficient (Wildman–Crippen LogP) is 1.20. The third-order valence-electron chi connectivity index (χ3n) is 3.15. The summed E-state index contributed by atoms with van der Waals surface area (Å²) in [5.41, 5.74) is 1.71. The van der Waals surface area contributed by atoms with Crippen LogP contribution in [0.25, 0.3) is 0 Å². The van der Waals surface area contributed by atoms with Crippen molar-refractivity contribution in [3.63, 3.8) is 0 Å². The molecule has 0 fully saturated rings. The normalized spacial score (nSPS) is 12.5. The fraction of sp³-hybridized carbons (Fsp3) is 0.533. The van der Waals surface area contributed by atoms with Crippen molar-refractivity contribution in [2.45, 2.75) is 26.4 Å². The average Bonchev–Trinajstić information content (AvgIpc) is 2.42. The van der Waals surface area contributed by atoms with Gasteiger partial charge in [-0.2, -0.15) is 0 Å². The second-order valence-electron chi connectivity index (χ2n) is 5.03. The number of nitrogens with one attached hydrogen (secondary N) is 2. The van der Waals surface area contributed by atoms with Crippen LogP contribution in [0.15, 0.2) is 24.3 Å². The topological polar surface area (TPSA) is 61.4 Å². The number of hydrogen-bond acceptors (Lipinski definition) is 3. The molecule has 4 nitrogen and oxygen atoms in total. The molecule has 1 rings (SSSR count). The fourth-order valence-electron chi connectivity index (χ4n) is 1.75. The third kappa shape index (κ3) is 5.01. The monoisotopic (exact) mass is 264 g/mol. The second kappa shape index (κ2) is 7.92. The lowest BCUT2D eigenvalue weighted by atomic mass is 10.0. The molecule has 0 radical (unpaired) electrons. The van der Waals surface area contributed by atoms with Crippen molar-refractivity contribution in [1.29, 1.82) is 0 Å². The standard InChI is InChI=1S/C15H24N2O2/c1-11(2)14(18)10-17-15(19)13-7-5-4-6-12(13)8-9-16-3/h4-7,11,14,16,18H,8-10H2,1-3H3,(H,17,19). The van der Waals surface area contributed by atoms with Crippen LogP contribution in [0.4, 0.5) is 0 Å². The van der Waals surface area contributed by atoms with Gasteiger partial charge in [-0.15, -0.1) is 0 Å². The van der Waals surface area contributed by atoms with Crippen LogP contribution in [0.1, 0.15) is 29.8 Å². The Morgan fingerprint density at radius 2 is 2.00 bits per heavy atom. The molecular formula is C15H24N2O2. The van der Waals surface area contributed by atoms with E-state index in [1.54, 1.807) is 0 Å². The molecule has 19 heavy (non-hydrogen) atoms. The molecule has 0 saturated heterocycles. The SMILES string of the molecule is CNCCc1ccccc1C(=O)NCC(O)C(C)C. The Kier molecular flexibility index (Phi) is 6.53. The molecule has 1 aromatic rings. The van der Waals surface area contributed by atoms with Crippen molar-refractivity contribution in [2.24, 2.45) is 5.92 Å². The van der Waals surface area contributed by atoms with Gasteiger partial charge in [-0.25, -0.2) is 0 Å². The first-order chi connectivity index (χ1) is 9.06. The molecule has 0 spiro atoms. The first-order valence-corrected chi connectivity index (χ1v) is 6.75. The number of likely N-dealkylation sites (N-methyl/N-ethyl adjacent to an activating group) is 1. The minimum Gasteiger partial charge on any atom is -0.391 e. The predicted molar refractivity (Wildman–Crippen MR) is 77.3 cm³/mol. The lowest BCUT2D eigenvalue weighted by molar-refractivity contribution is 0.0870. The highest BCUT2D eigenvalue weighted by molar-refractivity contribution is 5.95. The van der Waals surface area contributed by atoms with Crippen molar-refractivity contribution in [3.05, 3.63) is 35.4 Å². The Morgan fingerprint density at radius 1 is 1.32 bits per heavy atom. The maximum absolute atomic E-state index is 12.1. The zero-order chi connectivity index (χ0) is 14.3. The van der Waals surface area contributed by atoms with Gasteiger partial charge in [0.2, 0.25) is 0 Å². The van der Waals surface area contributed by atoms with Crippen molar-refractivity contribution in [2.75, 3.05) is 20.1 Å². The number of rotatable bonds is 7. The molecule has 3 N–H and O–H groups in total. The van der Waals surface area contributed by atoms with Crippen LogP contribution in [0, 0.1) is 5.92 Å². The van der Waals surface area contributed by atoms with Gasteiger partial charge in [0.15, 0.2) is 0 Å². The Hall–Kier alpha value is -1.39. The van der Waals surface area contributed by atoms with Crippen molar-refractivity contribution in [1.82, 2.24) is 10.6 Å². The van der Waals surface area contributed by atoms with Gasteiger partial charge < -0.3 is 15.7 Å². The molecule has 0 heterocycles. The van der Waals surface area contributed by atoms with E-state index in [9.17, 15) is 9.90 Å². The summed E-state index contributed by atoms with van der Waals surface area (Å²) in [7, 11) is 1.89. The van der Waals surface area contributed by atoms with Crippen LogP contribution in [-0.4, -0.2) is 37.3 Å². The summed E-state index contributed by atoms with van der Waals surface area (Å²) >= 11 is 0. The van der Waals surface area contributed by atoms with E-state index in [2.05, 4.69) is 10.6 Å². The number of aliphatic hydroxyl groups is 1. The van der Waals surface area contributed by atoms with Crippen LogP contribution in [0.3, 0.4) is 0 Å². The summed E-state index contributed by atoms with van der Waals surface area (Å²) in [5, 5.41) is 15.6. The fourth-order valence-corrected chi connectivity index (χ4v) is 1.75. The summed E-state index contributed by atoms with van der Waals surface area (Å²) in [6.45, 7) is 4.98. The summed E-state index contributed by atoms with van der Waals surface area (Å²) in [5.74, 6) is 0.0197. The van der Waals surface area contributed by atoms with Gasteiger partial charge >= 0.3 is 0 Å². The van der Waals surface area contributed by atoms with Gasteiger partial charge in [-0.3, -0.25) is 4.79 Å². The molecule has 0 aliphatic carbocycles. The number of carbonyl (C=O) groups is 1. The molecule has 1 unspecified atom stereocenters.